The summed E-state index contributed by atoms with van der Waals surface area (Å²) in [5.41, 5.74) is 10.2. The van der Waals surface area contributed by atoms with Gasteiger partial charge >= 0.3 is 5.97 Å². The van der Waals surface area contributed by atoms with E-state index in [1.165, 1.54) is 19.3 Å². The average molecular weight is 541 g/mol. The molecule has 0 aromatic heterocycles. The van der Waals surface area contributed by atoms with E-state index in [9.17, 15) is 10.1 Å². The van der Waals surface area contributed by atoms with Gasteiger partial charge in [0.2, 0.25) is 5.88 Å². The fraction of sp³-hybridized carbons (Fsp3) is 0.333. The van der Waals surface area contributed by atoms with Crippen molar-refractivity contribution >= 4 is 5.97 Å². The standard InChI is InChI=1S/C33H36N2O5/c1-4-5-6-7-8-18-37-25-14-12-24(13-15-25)32-27-17-16-26(19-30(27)40-33(35)28(32)20-34)39-31(36)21-38-29-11-9-10-22(2)23(29)3/h9-17,19,32H,4-8,18,21,35H2,1-3H3. The van der Waals surface area contributed by atoms with Crippen molar-refractivity contribution < 1.29 is 23.7 Å². The van der Waals surface area contributed by atoms with Gasteiger partial charge in [-0.1, -0.05) is 62.9 Å². The molecule has 208 valence electrons. The van der Waals surface area contributed by atoms with E-state index in [4.69, 9.17) is 24.7 Å². The van der Waals surface area contributed by atoms with Crippen LogP contribution in [-0.4, -0.2) is 19.2 Å². The number of nitriles is 1. The summed E-state index contributed by atoms with van der Waals surface area (Å²) in [5, 5.41) is 9.87. The van der Waals surface area contributed by atoms with Crippen LogP contribution >= 0.6 is 0 Å². The Kier molecular flexibility index (Phi) is 9.69. The first-order valence-corrected chi connectivity index (χ1v) is 13.7. The van der Waals surface area contributed by atoms with Crippen LogP contribution < -0.4 is 24.7 Å². The van der Waals surface area contributed by atoms with Crippen LogP contribution in [0.1, 0.15) is 67.2 Å². The van der Waals surface area contributed by atoms with E-state index in [0.717, 1.165) is 40.8 Å². The number of hydrogen-bond donors (Lipinski definition) is 1. The molecule has 2 N–H and O–H groups in total. The molecule has 1 heterocycles. The highest BCUT2D eigenvalue weighted by Gasteiger charge is 2.31. The van der Waals surface area contributed by atoms with E-state index in [1.54, 1.807) is 18.2 Å². The summed E-state index contributed by atoms with van der Waals surface area (Å²) in [5.74, 6) is 1.20. The third-order valence-electron chi connectivity index (χ3n) is 7.05. The minimum Gasteiger partial charge on any atom is -0.494 e. The molecule has 40 heavy (non-hydrogen) atoms. The highest BCUT2D eigenvalue weighted by atomic mass is 16.6. The lowest BCUT2D eigenvalue weighted by Gasteiger charge is -2.26. The molecule has 0 fully saturated rings. The number of rotatable bonds is 12. The van der Waals surface area contributed by atoms with Crippen LogP contribution in [0.4, 0.5) is 0 Å². The molecule has 3 aromatic carbocycles. The van der Waals surface area contributed by atoms with Crippen molar-refractivity contribution in [3.05, 3.63) is 94.4 Å². The number of allylic oxidation sites excluding steroid dienone is 1. The van der Waals surface area contributed by atoms with Crippen LogP contribution in [0.15, 0.2) is 72.1 Å². The van der Waals surface area contributed by atoms with Gasteiger partial charge in [0.1, 0.15) is 34.6 Å². The number of esters is 1. The van der Waals surface area contributed by atoms with Gasteiger partial charge in [0, 0.05) is 11.6 Å². The molecule has 0 saturated carbocycles. The summed E-state index contributed by atoms with van der Waals surface area (Å²) in [6, 6.07) is 20.7. The molecule has 0 aliphatic carbocycles. The SMILES string of the molecule is CCCCCCCOc1ccc(C2C(C#N)=C(N)Oc3cc(OC(=O)COc4cccc(C)c4C)ccc32)cc1. The Balaban J connectivity index is 1.44. The molecule has 1 atom stereocenters. The van der Waals surface area contributed by atoms with Gasteiger partial charge in [0.15, 0.2) is 6.61 Å². The van der Waals surface area contributed by atoms with Crippen molar-refractivity contribution in [1.82, 2.24) is 0 Å². The highest BCUT2D eigenvalue weighted by molar-refractivity contribution is 5.74. The van der Waals surface area contributed by atoms with Crippen LogP contribution in [-0.2, 0) is 4.79 Å². The summed E-state index contributed by atoms with van der Waals surface area (Å²) >= 11 is 0. The average Bonchev–Trinajstić information content (AvgIpc) is 2.95. The van der Waals surface area contributed by atoms with E-state index in [-0.39, 0.29) is 12.5 Å². The quantitative estimate of drug-likeness (QED) is 0.152. The Morgan fingerprint density at radius 2 is 1.73 bits per heavy atom. The van der Waals surface area contributed by atoms with Gasteiger partial charge in [-0.15, -0.1) is 0 Å². The fourth-order valence-electron chi connectivity index (χ4n) is 4.67. The van der Waals surface area contributed by atoms with Crippen molar-refractivity contribution in [3.8, 4) is 29.1 Å². The number of carbonyl (C=O) groups excluding carboxylic acids is 1. The second-order valence-electron chi connectivity index (χ2n) is 9.92. The molecule has 7 nitrogen and oxygen atoms in total. The van der Waals surface area contributed by atoms with Crippen LogP contribution in [0.5, 0.6) is 23.0 Å². The number of nitrogens with zero attached hydrogens (tertiary/aromatic N) is 1. The van der Waals surface area contributed by atoms with E-state index in [1.807, 2.05) is 56.3 Å². The fourth-order valence-corrected chi connectivity index (χ4v) is 4.67. The summed E-state index contributed by atoms with van der Waals surface area (Å²) in [4.78, 5) is 12.5. The molecule has 7 heteroatoms. The van der Waals surface area contributed by atoms with E-state index in [2.05, 4.69) is 13.0 Å². The zero-order chi connectivity index (χ0) is 28.5. The first-order valence-electron chi connectivity index (χ1n) is 13.7. The second kappa shape index (κ2) is 13.6. The lowest BCUT2D eigenvalue weighted by atomic mass is 9.83. The van der Waals surface area contributed by atoms with E-state index in [0.29, 0.717) is 29.4 Å². The third kappa shape index (κ3) is 6.95. The van der Waals surface area contributed by atoms with E-state index < -0.39 is 11.9 Å². The highest BCUT2D eigenvalue weighted by Crippen LogP contribution is 2.43. The van der Waals surface area contributed by atoms with Crippen LogP contribution in [0.2, 0.25) is 0 Å². The molecule has 0 spiro atoms. The van der Waals surface area contributed by atoms with Crippen LogP contribution in [0.3, 0.4) is 0 Å². The Labute approximate surface area is 236 Å². The molecule has 0 amide bonds. The molecule has 0 bridgehead atoms. The zero-order valence-corrected chi connectivity index (χ0v) is 23.4. The molecule has 1 aliphatic rings. The smallest absolute Gasteiger partial charge is 0.349 e. The summed E-state index contributed by atoms with van der Waals surface area (Å²) < 4.78 is 22.8. The number of hydrogen-bond acceptors (Lipinski definition) is 7. The first kappa shape index (κ1) is 28.6. The summed E-state index contributed by atoms with van der Waals surface area (Å²) in [6.45, 7) is 6.57. The number of carbonyl (C=O) groups is 1. The number of benzene rings is 3. The van der Waals surface area contributed by atoms with Gasteiger partial charge in [0.25, 0.3) is 0 Å². The largest absolute Gasteiger partial charge is 0.494 e. The molecule has 0 radical (unpaired) electrons. The van der Waals surface area contributed by atoms with Crippen LogP contribution in [0.25, 0.3) is 0 Å². The van der Waals surface area contributed by atoms with Crippen molar-refractivity contribution in [2.24, 2.45) is 5.73 Å². The molecule has 0 saturated heterocycles. The van der Waals surface area contributed by atoms with Crippen molar-refractivity contribution in [2.45, 2.75) is 58.8 Å². The third-order valence-corrected chi connectivity index (χ3v) is 7.05. The molecular formula is C33H36N2O5. The summed E-state index contributed by atoms with van der Waals surface area (Å²) in [6.07, 6.45) is 5.89. The van der Waals surface area contributed by atoms with Crippen molar-refractivity contribution in [2.75, 3.05) is 13.2 Å². The number of aryl methyl sites for hydroxylation is 1. The predicted molar refractivity (Wildman–Crippen MR) is 153 cm³/mol. The Hall–Kier alpha value is -4.44. The van der Waals surface area contributed by atoms with Gasteiger partial charge < -0.3 is 24.7 Å². The van der Waals surface area contributed by atoms with Gasteiger partial charge in [-0.2, -0.15) is 5.26 Å². The maximum absolute atomic E-state index is 12.5. The number of nitrogens with two attached hydrogens (primary N) is 1. The zero-order valence-electron chi connectivity index (χ0n) is 23.4. The van der Waals surface area contributed by atoms with Gasteiger partial charge in [0.05, 0.1) is 12.5 Å². The number of fused-ring (bicyclic) bond motifs is 1. The Morgan fingerprint density at radius 1 is 0.975 bits per heavy atom. The Bertz CT molecular complexity index is 1410. The van der Waals surface area contributed by atoms with Gasteiger partial charge in [-0.05, 0) is 61.2 Å². The minimum absolute atomic E-state index is 0.0224. The normalized spacial score (nSPS) is 14.1. The molecule has 3 aromatic rings. The lowest BCUT2D eigenvalue weighted by Crippen LogP contribution is -2.21. The molecule has 1 unspecified atom stereocenters. The number of ether oxygens (including phenoxy) is 4. The molecule has 4 rings (SSSR count). The number of unbranched alkanes of at least 4 members (excludes halogenated alkanes) is 4. The van der Waals surface area contributed by atoms with Gasteiger partial charge in [-0.3, -0.25) is 0 Å². The van der Waals surface area contributed by atoms with Crippen molar-refractivity contribution in [3.63, 3.8) is 0 Å². The maximum Gasteiger partial charge on any atom is 0.349 e. The van der Waals surface area contributed by atoms with Gasteiger partial charge in [-0.25, -0.2) is 4.79 Å². The first-order chi connectivity index (χ1) is 19.4. The predicted octanol–water partition coefficient (Wildman–Crippen LogP) is 6.86. The van der Waals surface area contributed by atoms with Crippen LogP contribution in [0, 0.1) is 25.2 Å². The topological polar surface area (TPSA) is 104 Å². The van der Waals surface area contributed by atoms with Crippen molar-refractivity contribution in [1.29, 1.82) is 5.26 Å². The maximum atomic E-state index is 12.5. The second-order valence-corrected chi connectivity index (χ2v) is 9.92. The molecular weight excluding hydrogens is 504 g/mol. The Morgan fingerprint density at radius 3 is 2.48 bits per heavy atom. The lowest BCUT2D eigenvalue weighted by molar-refractivity contribution is -0.136. The monoisotopic (exact) mass is 540 g/mol. The summed E-state index contributed by atoms with van der Waals surface area (Å²) in [7, 11) is 0. The molecule has 1 aliphatic heterocycles. The minimum atomic E-state index is -0.546. The van der Waals surface area contributed by atoms with E-state index >= 15 is 0 Å².